The standard InChI is InChI=1S/C71H139NO10/c1-3-5-7-9-11-13-15-17-19-21-23-25-27-29-31-32-33-35-36-38-40-42-44-46-48-50-52-54-56-58-63(74)66(76)62(61-81-71-69(79)68(78)67(77)65(60-73)82-71)72-70(80)64(75)59-57-55-53-51-49-47-45-43-41-39-37-34-30-28-26-24-22-20-18-16-14-12-10-8-6-4-2/h30,34,62-69,71,73-79H,3-29,31-33,35-61H2,1-2H3,(H,72,80)/b34-30-. The first-order valence-corrected chi connectivity index (χ1v) is 36.1. The summed E-state index contributed by atoms with van der Waals surface area (Å²) in [5.41, 5.74) is 0. The number of hydrogen-bond donors (Lipinski definition) is 8. The summed E-state index contributed by atoms with van der Waals surface area (Å²) in [7, 11) is 0. The number of nitrogens with one attached hydrogen (secondary N) is 1. The Kier molecular flexibility index (Phi) is 57.8. The molecule has 1 fully saturated rings. The molecule has 0 aliphatic carbocycles. The lowest BCUT2D eigenvalue weighted by molar-refractivity contribution is -0.303. The number of unbranched alkanes of at least 4 members (excludes halogenated alkanes) is 50. The minimum absolute atomic E-state index is 0.262. The smallest absolute Gasteiger partial charge is 0.249 e. The van der Waals surface area contributed by atoms with Crippen molar-refractivity contribution in [3.63, 3.8) is 0 Å². The van der Waals surface area contributed by atoms with Crippen molar-refractivity contribution in [1.29, 1.82) is 0 Å². The van der Waals surface area contributed by atoms with E-state index < -0.39 is 74.2 Å². The van der Waals surface area contributed by atoms with Gasteiger partial charge >= 0.3 is 0 Å². The molecule has 0 aromatic heterocycles. The van der Waals surface area contributed by atoms with E-state index in [-0.39, 0.29) is 6.42 Å². The fourth-order valence-electron chi connectivity index (χ4n) is 12.0. The molecule has 1 aliphatic heterocycles. The van der Waals surface area contributed by atoms with E-state index in [4.69, 9.17) is 9.47 Å². The number of hydrogen-bond acceptors (Lipinski definition) is 10. The van der Waals surface area contributed by atoms with Crippen LogP contribution in [0.15, 0.2) is 12.2 Å². The van der Waals surface area contributed by atoms with Crippen LogP contribution >= 0.6 is 0 Å². The molecule has 82 heavy (non-hydrogen) atoms. The summed E-state index contributed by atoms with van der Waals surface area (Å²) in [5.74, 6) is -0.690. The maximum absolute atomic E-state index is 13.3. The molecule has 0 saturated carbocycles. The number of carbonyl (C=O) groups excluding carboxylic acids is 1. The Labute approximate surface area is 506 Å². The van der Waals surface area contributed by atoms with Gasteiger partial charge in [-0.05, 0) is 38.5 Å². The number of ether oxygens (including phenoxy) is 2. The van der Waals surface area contributed by atoms with Gasteiger partial charge in [0, 0.05) is 0 Å². The zero-order valence-corrected chi connectivity index (χ0v) is 54.0. The first-order chi connectivity index (χ1) is 40.2. The molecule has 9 unspecified atom stereocenters. The van der Waals surface area contributed by atoms with Gasteiger partial charge in [-0.1, -0.05) is 341 Å². The SMILES string of the molecule is CCCCCCCCCCCCCC/C=C\CCCCCCCCCCCCC(O)C(=O)NC(COC1OC(CO)C(O)C(O)C1O)C(O)C(O)CCCCCCCCCCCCCCCCCCCCCCCCCCCCCCC. The number of aliphatic hydroxyl groups is 7. The monoisotopic (exact) mass is 1170 g/mol. The number of allylic oxidation sites excluding steroid dienone is 2. The highest BCUT2D eigenvalue weighted by Gasteiger charge is 2.44. The molecular weight excluding hydrogens is 1030 g/mol. The molecule has 11 nitrogen and oxygen atoms in total. The van der Waals surface area contributed by atoms with Gasteiger partial charge in [-0.25, -0.2) is 0 Å². The zero-order chi connectivity index (χ0) is 59.6. The molecule has 11 heteroatoms. The predicted molar refractivity (Wildman–Crippen MR) is 344 cm³/mol. The fourth-order valence-corrected chi connectivity index (χ4v) is 12.0. The molecular formula is C71H139NO10. The average molecular weight is 1170 g/mol. The molecule has 0 radical (unpaired) electrons. The maximum atomic E-state index is 13.3. The summed E-state index contributed by atoms with van der Waals surface area (Å²) >= 11 is 0. The first kappa shape index (κ1) is 78.9. The van der Waals surface area contributed by atoms with Crippen molar-refractivity contribution in [2.24, 2.45) is 0 Å². The Morgan fingerprint density at radius 2 is 0.707 bits per heavy atom. The van der Waals surface area contributed by atoms with Gasteiger partial charge in [0.2, 0.25) is 5.91 Å². The Morgan fingerprint density at radius 1 is 0.415 bits per heavy atom. The largest absolute Gasteiger partial charge is 0.394 e. The third-order valence-corrected chi connectivity index (χ3v) is 17.8. The molecule has 488 valence electrons. The molecule has 8 N–H and O–H groups in total. The second kappa shape index (κ2) is 60.1. The molecule has 9 atom stereocenters. The first-order valence-electron chi connectivity index (χ1n) is 36.1. The van der Waals surface area contributed by atoms with Crippen LogP contribution in [0, 0.1) is 0 Å². The Bertz CT molecular complexity index is 1340. The molecule has 1 heterocycles. The molecule has 1 amide bonds. The number of amides is 1. The highest BCUT2D eigenvalue weighted by molar-refractivity contribution is 5.80. The topological polar surface area (TPSA) is 189 Å². The summed E-state index contributed by atoms with van der Waals surface area (Å²) in [6, 6.07) is -1.17. The van der Waals surface area contributed by atoms with E-state index in [1.807, 2.05) is 0 Å². The van der Waals surface area contributed by atoms with Crippen molar-refractivity contribution in [2.45, 2.75) is 422 Å². The van der Waals surface area contributed by atoms with Crippen LogP contribution in [-0.2, 0) is 14.3 Å². The van der Waals surface area contributed by atoms with E-state index in [0.29, 0.717) is 19.3 Å². The molecule has 1 rings (SSSR count). The van der Waals surface area contributed by atoms with Crippen molar-refractivity contribution in [1.82, 2.24) is 5.32 Å². The van der Waals surface area contributed by atoms with Crippen LogP contribution in [0.3, 0.4) is 0 Å². The highest BCUT2D eigenvalue weighted by Crippen LogP contribution is 2.24. The number of rotatable bonds is 64. The minimum atomic E-state index is -1.66. The third-order valence-electron chi connectivity index (χ3n) is 17.8. The van der Waals surface area contributed by atoms with E-state index in [0.717, 1.165) is 38.5 Å². The lowest BCUT2D eigenvalue weighted by atomic mass is 9.98. The number of aliphatic hydroxyl groups excluding tert-OH is 7. The number of carbonyl (C=O) groups is 1. The minimum Gasteiger partial charge on any atom is -0.394 e. The van der Waals surface area contributed by atoms with E-state index in [1.54, 1.807) is 0 Å². The van der Waals surface area contributed by atoms with Crippen molar-refractivity contribution in [2.75, 3.05) is 13.2 Å². The van der Waals surface area contributed by atoms with Gasteiger partial charge in [0.05, 0.1) is 25.4 Å². The van der Waals surface area contributed by atoms with Crippen molar-refractivity contribution in [3.05, 3.63) is 12.2 Å². The van der Waals surface area contributed by atoms with Crippen LogP contribution in [0.25, 0.3) is 0 Å². The fraction of sp³-hybridized carbons (Fsp3) is 0.958. The van der Waals surface area contributed by atoms with Crippen molar-refractivity contribution in [3.8, 4) is 0 Å². The Morgan fingerprint density at radius 3 is 1.02 bits per heavy atom. The van der Waals surface area contributed by atoms with Crippen LogP contribution < -0.4 is 5.32 Å². The molecule has 1 aliphatic rings. The molecule has 1 saturated heterocycles. The van der Waals surface area contributed by atoms with Crippen LogP contribution in [-0.4, -0.2) is 110 Å². The van der Waals surface area contributed by atoms with Gasteiger partial charge in [-0.3, -0.25) is 4.79 Å². The van der Waals surface area contributed by atoms with Crippen LogP contribution in [0.2, 0.25) is 0 Å². The van der Waals surface area contributed by atoms with Gasteiger partial charge in [-0.15, -0.1) is 0 Å². The van der Waals surface area contributed by atoms with E-state index in [1.165, 1.54) is 289 Å². The lowest BCUT2D eigenvalue weighted by Crippen LogP contribution is -2.60. The molecule has 0 bridgehead atoms. The molecule has 0 aromatic carbocycles. The van der Waals surface area contributed by atoms with Crippen LogP contribution in [0.4, 0.5) is 0 Å². The van der Waals surface area contributed by atoms with Gasteiger partial charge in [0.15, 0.2) is 6.29 Å². The summed E-state index contributed by atoms with van der Waals surface area (Å²) in [4.78, 5) is 13.3. The second-order valence-corrected chi connectivity index (χ2v) is 25.7. The Balaban J connectivity index is 2.18. The van der Waals surface area contributed by atoms with Crippen LogP contribution in [0.5, 0.6) is 0 Å². The predicted octanol–water partition coefficient (Wildman–Crippen LogP) is 17.4. The summed E-state index contributed by atoms with van der Waals surface area (Å²) in [6.45, 7) is 3.52. The lowest BCUT2D eigenvalue weighted by Gasteiger charge is -2.40. The van der Waals surface area contributed by atoms with Gasteiger partial charge in [-0.2, -0.15) is 0 Å². The van der Waals surface area contributed by atoms with Gasteiger partial charge < -0.3 is 50.5 Å². The van der Waals surface area contributed by atoms with E-state index in [9.17, 15) is 40.5 Å². The van der Waals surface area contributed by atoms with Crippen LogP contribution in [0.1, 0.15) is 367 Å². The quantitative estimate of drug-likeness (QED) is 0.0215. The van der Waals surface area contributed by atoms with E-state index >= 15 is 0 Å². The van der Waals surface area contributed by atoms with Crippen molar-refractivity contribution >= 4 is 5.91 Å². The normalized spacial score (nSPS) is 19.1. The second-order valence-electron chi connectivity index (χ2n) is 25.7. The van der Waals surface area contributed by atoms with Gasteiger partial charge in [0.25, 0.3) is 0 Å². The summed E-state index contributed by atoms with van der Waals surface area (Å²) in [5, 5.41) is 76.6. The van der Waals surface area contributed by atoms with Crippen molar-refractivity contribution < 1.29 is 50.0 Å². The summed E-state index contributed by atoms with van der Waals surface area (Å²) < 4.78 is 11.2. The maximum Gasteiger partial charge on any atom is 0.249 e. The third kappa shape index (κ3) is 47.0. The highest BCUT2D eigenvalue weighted by atomic mass is 16.7. The molecule has 0 aromatic rings. The molecule has 0 spiro atoms. The zero-order valence-electron chi connectivity index (χ0n) is 54.0. The Hall–Kier alpha value is -1.15. The van der Waals surface area contributed by atoms with Gasteiger partial charge in [0.1, 0.15) is 36.6 Å². The van der Waals surface area contributed by atoms with E-state index in [2.05, 4.69) is 31.3 Å². The summed E-state index contributed by atoms with van der Waals surface area (Å²) in [6.07, 6.45) is 62.9. The average Bonchev–Trinajstić information content (AvgIpc) is 3.53.